The minimum Gasteiger partial charge on any atom is -0.493 e. The van der Waals surface area contributed by atoms with Crippen LogP contribution in [-0.4, -0.2) is 29.9 Å². The van der Waals surface area contributed by atoms with Crippen LogP contribution in [0.4, 0.5) is 5.69 Å². The van der Waals surface area contributed by atoms with Crippen molar-refractivity contribution >= 4 is 11.9 Å². The van der Waals surface area contributed by atoms with Crippen LogP contribution in [0.3, 0.4) is 0 Å². The first-order chi connectivity index (χ1) is 14.8. The average molecular weight is 422 g/mol. The Hall–Kier alpha value is -3.81. The van der Waals surface area contributed by atoms with Crippen molar-refractivity contribution in [1.82, 2.24) is 9.99 Å². The Labute approximate surface area is 181 Å². The number of hydrogen-bond donors (Lipinski definition) is 1. The Morgan fingerprint density at radius 2 is 1.81 bits per heavy atom. The van der Waals surface area contributed by atoms with Crippen molar-refractivity contribution in [3.05, 3.63) is 80.7 Å². The molecule has 0 aliphatic carbocycles. The summed E-state index contributed by atoms with van der Waals surface area (Å²) >= 11 is 0. The predicted molar refractivity (Wildman–Crippen MR) is 121 cm³/mol. The molecule has 0 radical (unpaired) electrons. The Balaban J connectivity index is 1.79. The number of rotatable bonds is 8. The number of nitro groups is 1. The van der Waals surface area contributed by atoms with E-state index in [0.29, 0.717) is 23.7 Å². The fourth-order valence-electron chi connectivity index (χ4n) is 3.50. The van der Waals surface area contributed by atoms with Crippen LogP contribution in [0.25, 0.3) is 5.69 Å². The molecule has 3 rings (SSSR count). The summed E-state index contributed by atoms with van der Waals surface area (Å²) < 4.78 is 12.4. The van der Waals surface area contributed by atoms with Crippen LogP contribution < -0.4 is 14.9 Å². The van der Waals surface area contributed by atoms with Crippen LogP contribution in [0.15, 0.2) is 47.6 Å². The van der Waals surface area contributed by atoms with E-state index in [1.54, 1.807) is 32.6 Å². The molecule has 0 amide bonds. The molecule has 0 spiro atoms. The summed E-state index contributed by atoms with van der Waals surface area (Å²) in [6.45, 7) is 6.20. The molecule has 2 aromatic carbocycles. The van der Waals surface area contributed by atoms with E-state index >= 15 is 0 Å². The number of aryl methyl sites for hydroxylation is 2. The predicted octanol–water partition coefficient (Wildman–Crippen LogP) is 4.45. The van der Waals surface area contributed by atoms with E-state index in [0.717, 1.165) is 28.1 Å². The Bertz CT molecular complexity index is 1130. The van der Waals surface area contributed by atoms with E-state index in [9.17, 15) is 10.1 Å². The molecule has 0 bridgehead atoms. The van der Waals surface area contributed by atoms with Crippen molar-refractivity contribution in [2.75, 3.05) is 14.2 Å². The SMILES string of the molecule is COc1ccc(CN/N=C\c2cc(C)n(-c3ccc(C)cc3[N+](=O)[O-])c2C)cc1OC. The molecule has 31 heavy (non-hydrogen) atoms. The zero-order valence-electron chi connectivity index (χ0n) is 18.3. The topological polar surface area (TPSA) is 90.9 Å². The second-order valence-corrected chi connectivity index (χ2v) is 7.19. The molecule has 0 unspecified atom stereocenters. The number of nitro benzene ring substituents is 1. The summed E-state index contributed by atoms with van der Waals surface area (Å²) in [6.07, 6.45) is 1.72. The molecule has 162 valence electrons. The number of hydrazone groups is 1. The number of methoxy groups -OCH3 is 2. The minimum absolute atomic E-state index is 0.0804. The van der Waals surface area contributed by atoms with Gasteiger partial charge in [0.1, 0.15) is 5.69 Å². The molecule has 0 aliphatic heterocycles. The summed E-state index contributed by atoms with van der Waals surface area (Å²) in [5.74, 6) is 1.33. The standard InChI is InChI=1S/C23H26N4O4/c1-15-6-8-20(21(10-15)27(28)29)26-16(2)11-19(17(26)3)14-25-24-13-18-7-9-22(30-4)23(12-18)31-5/h6-12,14,24H,13H2,1-5H3/b25-14-. The van der Waals surface area contributed by atoms with Gasteiger partial charge in [-0.25, -0.2) is 0 Å². The van der Waals surface area contributed by atoms with Crippen molar-refractivity contribution in [1.29, 1.82) is 0 Å². The quantitative estimate of drug-likeness (QED) is 0.329. The maximum atomic E-state index is 11.5. The van der Waals surface area contributed by atoms with Gasteiger partial charge in [0.2, 0.25) is 0 Å². The zero-order valence-corrected chi connectivity index (χ0v) is 18.3. The first-order valence-electron chi connectivity index (χ1n) is 9.77. The van der Waals surface area contributed by atoms with Crippen molar-refractivity contribution in [2.45, 2.75) is 27.3 Å². The number of aromatic nitrogens is 1. The summed E-state index contributed by atoms with van der Waals surface area (Å²) in [5, 5.41) is 15.9. The van der Waals surface area contributed by atoms with Crippen LogP contribution in [0.1, 0.15) is 28.1 Å². The Kier molecular flexibility index (Phi) is 6.59. The lowest BCUT2D eigenvalue weighted by Gasteiger charge is -2.11. The van der Waals surface area contributed by atoms with E-state index in [-0.39, 0.29) is 10.6 Å². The van der Waals surface area contributed by atoms with Gasteiger partial charge in [-0.3, -0.25) is 10.1 Å². The third-order valence-corrected chi connectivity index (χ3v) is 5.06. The second-order valence-electron chi connectivity index (χ2n) is 7.19. The van der Waals surface area contributed by atoms with Crippen molar-refractivity contribution in [3.63, 3.8) is 0 Å². The fourth-order valence-corrected chi connectivity index (χ4v) is 3.50. The molecule has 1 N–H and O–H groups in total. The number of hydrogen-bond acceptors (Lipinski definition) is 6. The lowest BCUT2D eigenvalue weighted by Crippen LogP contribution is -2.07. The van der Waals surface area contributed by atoms with E-state index in [1.165, 1.54) is 0 Å². The molecule has 3 aromatic rings. The van der Waals surface area contributed by atoms with Gasteiger partial charge in [0.25, 0.3) is 5.69 Å². The highest BCUT2D eigenvalue weighted by atomic mass is 16.6. The van der Waals surface area contributed by atoms with E-state index in [4.69, 9.17) is 9.47 Å². The summed E-state index contributed by atoms with van der Waals surface area (Å²) in [5.41, 5.74) is 8.15. The molecule has 1 aromatic heterocycles. The summed E-state index contributed by atoms with van der Waals surface area (Å²) in [7, 11) is 3.20. The van der Waals surface area contributed by atoms with Gasteiger partial charge in [-0.2, -0.15) is 5.10 Å². The molecule has 8 nitrogen and oxygen atoms in total. The zero-order chi connectivity index (χ0) is 22.5. The van der Waals surface area contributed by atoms with Crippen molar-refractivity contribution in [2.24, 2.45) is 5.10 Å². The summed E-state index contributed by atoms with van der Waals surface area (Å²) in [4.78, 5) is 11.2. The van der Waals surface area contributed by atoms with Gasteiger partial charge in [-0.05, 0) is 56.2 Å². The number of ether oxygens (including phenoxy) is 2. The van der Waals surface area contributed by atoms with Gasteiger partial charge in [0.15, 0.2) is 11.5 Å². The number of benzene rings is 2. The maximum absolute atomic E-state index is 11.5. The Morgan fingerprint density at radius 1 is 1.06 bits per heavy atom. The van der Waals surface area contributed by atoms with Crippen LogP contribution in [-0.2, 0) is 6.54 Å². The lowest BCUT2D eigenvalue weighted by atomic mass is 10.2. The van der Waals surface area contributed by atoms with Gasteiger partial charge in [-0.15, -0.1) is 0 Å². The molecule has 8 heteroatoms. The first-order valence-corrected chi connectivity index (χ1v) is 9.77. The van der Waals surface area contributed by atoms with Crippen LogP contribution in [0.2, 0.25) is 0 Å². The molecular weight excluding hydrogens is 396 g/mol. The van der Waals surface area contributed by atoms with Gasteiger partial charge in [0.05, 0.1) is 31.9 Å². The van der Waals surface area contributed by atoms with E-state index < -0.39 is 0 Å². The lowest BCUT2D eigenvalue weighted by molar-refractivity contribution is -0.384. The van der Waals surface area contributed by atoms with Gasteiger partial charge in [-0.1, -0.05) is 12.1 Å². The molecule has 1 heterocycles. The molecule has 0 saturated carbocycles. The third kappa shape index (κ3) is 4.69. The Morgan fingerprint density at radius 3 is 2.48 bits per heavy atom. The summed E-state index contributed by atoms with van der Waals surface area (Å²) in [6, 6.07) is 12.9. The smallest absolute Gasteiger partial charge is 0.293 e. The third-order valence-electron chi connectivity index (χ3n) is 5.06. The maximum Gasteiger partial charge on any atom is 0.293 e. The van der Waals surface area contributed by atoms with E-state index in [1.807, 2.05) is 55.7 Å². The fraction of sp³-hybridized carbons (Fsp3) is 0.261. The van der Waals surface area contributed by atoms with Crippen molar-refractivity contribution < 1.29 is 14.4 Å². The van der Waals surface area contributed by atoms with Gasteiger partial charge >= 0.3 is 0 Å². The largest absolute Gasteiger partial charge is 0.493 e. The van der Waals surface area contributed by atoms with Crippen LogP contribution >= 0.6 is 0 Å². The molecule has 0 atom stereocenters. The van der Waals surface area contributed by atoms with Crippen LogP contribution in [0, 0.1) is 30.9 Å². The molecule has 0 saturated heterocycles. The highest BCUT2D eigenvalue weighted by molar-refractivity contribution is 5.82. The molecule has 0 aliphatic rings. The molecular formula is C23H26N4O4. The second kappa shape index (κ2) is 9.34. The molecule has 0 fully saturated rings. The normalized spacial score (nSPS) is 11.0. The van der Waals surface area contributed by atoms with E-state index in [2.05, 4.69) is 10.5 Å². The average Bonchev–Trinajstić information content (AvgIpc) is 3.04. The monoisotopic (exact) mass is 422 g/mol. The number of nitrogens with zero attached hydrogens (tertiary/aromatic N) is 3. The van der Waals surface area contributed by atoms with Crippen molar-refractivity contribution in [3.8, 4) is 17.2 Å². The highest BCUT2D eigenvalue weighted by Gasteiger charge is 2.19. The van der Waals surface area contributed by atoms with Gasteiger partial charge < -0.3 is 19.5 Å². The van der Waals surface area contributed by atoms with Crippen LogP contribution in [0.5, 0.6) is 11.5 Å². The highest BCUT2D eigenvalue weighted by Crippen LogP contribution is 2.29. The number of nitrogens with one attached hydrogen (secondary N) is 1. The minimum atomic E-state index is -0.348. The first kappa shape index (κ1) is 21.9. The van der Waals surface area contributed by atoms with Gasteiger partial charge in [0, 0.05) is 23.0 Å².